The van der Waals surface area contributed by atoms with Crippen LogP contribution in [-0.2, 0) is 18.3 Å². The fraction of sp³-hybridized carbons (Fsp3) is 0.333. The summed E-state index contributed by atoms with van der Waals surface area (Å²) in [5.41, 5.74) is 2.27. The van der Waals surface area contributed by atoms with Crippen LogP contribution in [0.25, 0.3) is 11.4 Å². The van der Waals surface area contributed by atoms with Crippen molar-refractivity contribution in [2.45, 2.75) is 12.8 Å². The molecule has 11 heteroatoms. The van der Waals surface area contributed by atoms with Crippen molar-refractivity contribution in [3.8, 4) is 17.1 Å². The Morgan fingerprint density at radius 1 is 1.19 bits per heavy atom. The van der Waals surface area contributed by atoms with Crippen LogP contribution >= 0.6 is 0 Å². The number of amides is 2. The van der Waals surface area contributed by atoms with Crippen molar-refractivity contribution in [1.29, 1.82) is 0 Å². The van der Waals surface area contributed by atoms with Crippen LogP contribution in [0.2, 0.25) is 0 Å². The first kappa shape index (κ1) is 21.2. The molecular formula is C21H24N8O3. The Morgan fingerprint density at radius 2 is 2.00 bits per heavy atom. The predicted molar refractivity (Wildman–Crippen MR) is 117 cm³/mol. The first-order valence-electron chi connectivity index (χ1n) is 10.2. The topological polar surface area (TPSA) is 127 Å². The smallest absolute Gasteiger partial charge is 0.273 e. The summed E-state index contributed by atoms with van der Waals surface area (Å²) in [6.07, 6.45) is 2.73. The Kier molecular flexibility index (Phi) is 5.97. The number of ether oxygens (including phenoxy) is 1. The molecular weight excluding hydrogens is 412 g/mol. The lowest BCUT2D eigenvalue weighted by Gasteiger charge is -2.30. The Hall–Kier alpha value is -4.02. The Labute approximate surface area is 184 Å². The number of nitrogens with one attached hydrogen (secondary N) is 2. The minimum absolute atomic E-state index is 0.00926. The number of carbonyl (C=O) groups is 2. The van der Waals surface area contributed by atoms with E-state index >= 15 is 0 Å². The van der Waals surface area contributed by atoms with Crippen LogP contribution in [0.5, 0.6) is 5.75 Å². The number of para-hydroxylation sites is 1. The second-order valence-electron chi connectivity index (χ2n) is 7.34. The third kappa shape index (κ3) is 4.22. The Morgan fingerprint density at radius 3 is 2.62 bits per heavy atom. The lowest BCUT2D eigenvalue weighted by atomic mass is 10.1. The molecule has 0 bridgehead atoms. The number of hydrogen-bond donors (Lipinski definition) is 2. The van der Waals surface area contributed by atoms with E-state index in [1.807, 2.05) is 18.2 Å². The van der Waals surface area contributed by atoms with Crippen LogP contribution in [0.3, 0.4) is 0 Å². The molecule has 0 unspecified atom stereocenters. The van der Waals surface area contributed by atoms with Crippen molar-refractivity contribution in [3.63, 3.8) is 0 Å². The minimum Gasteiger partial charge on any atom is -0.494 e. The minimum atomic E-state index is -0.401. The van der Waals surface area contributed by atoms with Crippen molar-refractivity contribution < 1.29 is 14.3 Å². The van der Waals surface area contributed by atoms with Crippen LogP contribution in [0, 0.1) is 0 Å². The molecule has 0 radical (unpaired) electrons. The average molecular weight is 436 g/mol. The van der Waals surface area contributed by atoms with Crippen molar-refractivity contribution in [2.75, 3.05) is 32.6 Å². The summed E-state index contributed by atoms with van der Waals surface area (Å²) in [7, 11) is 4.85. The Bertz CT molecular complexity index is 1160. The van der Waals surface area contributed by atoms with Gasteiger partial charge in [-0.2, -0.15) is 10.2 Å². The molecule has 1 aliphatic rings. The van der Waals surface area contributed by atoms with Gasteiger partial charge in [0.05, 0.1) is 36.2 Å². The van der Waals surface area contributed by atoms with Crippen LogP contribution in [0.15, 0.2) is 30.6 Å². The first-order valence-corrected chi connectivity index (χ1v) is 10.2. The third-order valence-corrected chi connectivity index (χ3v) is 5.16. The molecule has 1 saturated heterocycles. The van der Waals surface area contributed by atoms with Crippen LogP contribution in [-0.4, -0.2) is 68.9 Å². The molecule has 3 heterocycles. The largest absolute Gasteiger partial charge is 0.494 e. The maximum atomic E-state index is 12.4. The van der Waals surface area contributed by atoms with Gasteiger partial charge in [0.15, 0.2) is 17.3 Å². The number of carbonyl (C=O) groups excluding carboxylic acids is 2. The molecule has 1 aromatic carbocycles. The highest BCUT2D eigenvalue weighted by molar-refractivity contribution is 5.98. The first-order chi connectivity index (χ1) is 15.5. The van der Waals surface area contributed by atoms with Crippen LogP contribution in [0.4, 0.5) is 11.4 Å². The van der Waals surface area contributed by atoms with Gasteiger partial charge in [0.2, 0.25) is 5.91 Å². The van der Waals surface area contributed by atoms with Gasteiger partial charge in [0.25, 0.3) is 5.91 Å². The standard InChI is InChI=1S/C21H24N8O3/c1-22-21(31)18-16(10-13(25-26-18)11-17(30)29-8-5-9-29)24-15-7-4-6-14(19(15)32-3)20-23-12-28(2)27-20/h4,6-7,10,12H,5,8-9,11H2,1-3H3,(H,22,31)(H,24,25). The summed E-state index contributed by atoms with van der Waals surface area (Å²) < 4.78 is 7.24. The van der Waals surface area contributed by atoms with Gasteiger partial charge in [-0.1, -0.05) is 6.07 Å². The maximum absolute atomic E-state index is 12.4. The zero-order chi connectivity index (χ0) is 22.7. The number of benzene rings is 1. The summed E-state index contributed by atoms with van der Waals surface area (Å²) in [4.78, 5) is 30.8. The summed E-state index contributed by atoms with van der Waals surface area (Å²) in [5, 5.41) is 18.3. The van der Waals surface area contributed by atoms with Crippen molar-refractivity contribution >= 4 is 23.2 Å². The number of anilines is 2. The number of aromatic nitrogens is 5. The Balaban J connectivity index is 1.69. The molecule has 1 fully saturated rings. The highest BCUT2D eigenvalue weighted by Gasteiger charge is 2.23. The molecule has 0 atom stereocenters. The third-order valence-electron chi connectivity index (χ3n) is 5.16. The fourth-order valence-electron chi connectivity index (χ4n) is 3.37. The van der Waals surface area contributed by atoms with E-state index in [1.54, 1.807) is 36.1 Å². The van der Waals surface area contributed by atoms with E-state index in [2.05, 4.69) is 30.9 Å². The lowest BCUT2D eigenvalue weighted by molar-refractivity contribution is -0.133. The van der Waals surface area contributed by atoms with Gasteiger partial charge in [0, 0.05) is 27.2 Å². The van der Waals surface area contributed by atoms with Gasteiger partial charge in [-0.25, -0.2) is 4.98 Å². The van der Waals surface area contributed by atoms with Crippen molar-refractivity contribution in [3.05, 3.63) is 42.0 Å². The maximum Gasteiger partial charge on any atom is 0.273 e. The van der Waals surface area contributed by atoms with E-state index in [0.29, 0.717) is 34.2 Å². The van der Waals surface area contributed by atoms with Gasteiger partial charge >= 0.3 is 0 Å². The van der Waals surface area contributed by atoms with Gasteiger partial charge in [-0.05, 0) is 24.6 Å². The molecule has 2 aromatic heterocycles. The van der Waals surface area contributed by atoms with Gasteiger partial charge in [0.1, 0.15) is 6.33 Å². The zero-order valence-electron chi connectivity index (χ0n) is 18.1. The average Bonchev–Trinajstić information content (AvgIpc) is 3.18. The number of likely N-dealkylation sites (tertiary alicyclic amines) is 1. The number of methoxy groups -OCH3 is 1. The van der Waals surface area contributed by atoms with Crippen molar-refractivity contribution in [2.24, 2.45) is 7.05 Å². The number of hydrogen-bond acceptors (Lipinski definition) is 8. The molecule has 2 N–H and O–H groups in total. The summed E-state index contributed by atoms with van der Waals surface area (Å²) in [6.45, 7) is 1.53. The van der Waals surface area contributed by atoms with E-state index in [-0.39, 0.29) is 18.0 Å². The monoisotopic (exact) mass is 436 g/mol. The highest BCUT2D eigenvalue weighted by atomic mass is 16.5. The second-order valence-corrected chi connectivity index (χ2v) is 7.34. The summed E-state index contributed by atoms with van der Waals surface area (Å²) >= 11 is 0. The second kappa shape index (κ2) is 9.00. The predicted octanol–water partition coefficient (Wildman–Crippen LogP) is 1.16. The van der Waals surface area contributed by atoms with Gasteiger partial charge in [-0.15, -0.1) is 5.10 Å². The van der Waals surface area contributed by atoms with Gasteiger partial charge < -0.3 is 20.3 Å². The molecule has 166 valence electrons. The molecule has 0 aliphatic carbocycles. The van der Waals surface area contributed by atoms with E-state index in [9.17, 15) is 9.59 Å². The fourth-order valence-corrected chi connectivity index (χ4v) is 3.37. The number of nitrogens with zero attached hydrogens (tertiary/aromatic N) is 6. The molecule has 32 heavy (non-hydrogen) atoms. The van der Waals surface area contributed by atoms with Crippen molar-refractivity contribution in [1.82, 2.24) is 35.2 Å². The van der Waals surface area contributed by atoms with Gasteiger partial charge in [-0.3, -0.25) is 14.3 Å². The van der Waals surface area contributed by atoms with E-state index < -0.39 is 5.91 Å². The number of rotatable bonds is 7. The molecule has 0 saturated carbocycles. The van der Waals surface area contributed by atoms with Crippen LogP contribution < -0.4 is 15.4 Å². The molecule has 11 nitrogen and oxygen atoms in total. The molecule has 0 spiro atoms. The molecule has 3 aromatic rings. The highest BCUT2D eigenvalue weighted by Crippen LogP contribution is 2.36. The SMILES string of the molecule is CNC(=O)c1nnc(CC(=O)N2CCC2)cc1Nc1cccc(-c2ncn(C)n2)c1OC. The van der Waals surface area contributed by atoms with E-state index in [0.717, 1.165) is 19.5 Å². The molecule has 1 aliphatic heterocycles. The lowest BCUT2D eigenvalue weighted by Crippen LogP contribution is -2.43. The summed E-state index contributed by atoms with van der Waals surface area (Å²) in [6, 6.07) is 7.16. The molecule has 4 rings (SSSR count). The van der Waals surface area contributed by atoms with E-state index in [4.69, 9.17) is 4.74 Å². The number of aryl methyl sites for hydroxylation is 1. The zero-order valence-corrected chi connectivity index (χ0v) is 18.1. The molecule has 2 amide bonds. The normalized spacial score (nSPS) is 12.8. The summed E-state index contributed by atoms with van der Waals surface area (Å²) in [5.74, 6) is 0.608. The quantitative estimate of drug-likeness (QED) is 0.565. The van der Waals surface area contributed by atoms with E-state index in [1.165, 1.54) is 7.05 Å². The van der Waals surface area contributed by atoms with Crippen LogP contribution in [0.1, 0.15) is 22.6 Å².